The number of terminal acetylenes is 1. The van der Waals surface area contributed by atoms with Crippen molar-refractivity contribution in [2.24, 2.45) is 0 Å². The van der Waals surface area contributed by atoms with Crippen molar-refractivity contribution in [2.75, 3.05) is 11.4 Å². The van der Waals surface area contributed by atoms with Crippen molar-refractivity contribution < 1.29 is 22.7 Å². The van der Waals surface area contributed by atoms with Crippen molar-refractivity contribution >= 4 is 34.8 Å². The van der Waals surface area contributed by atoms with E-state index < -0.39 is 11.7 Å². The van der Waals surface area contributed by atoms with Gasteiger partial charge in [-0.05, 0) is 30.2 Å². The number of benzene rings is 2. The van der Waals surface area contributed by atoms with E-state index >= 15 is 0 Å². The van der Waals surface area contributed by atoms with E-state index in [4.69, 9.17) is 34.4 Å². The number of ether oxygens (including phenoxy) is 1. The molecule has 1 heterocycles. The lowest BCUT2D eigenvalue weighted by molar-refractivity contribution is -0.137. The molecule has 0 bridgehead atoms. The molecule has 3 rings (SSSR count). The van der Waals surface area contributed by atoms with Crippen LogP contribution in [0.15, 0.2) is 30.3 Å². The smallest absolute Gasteiger partial charge is 0.416 e. The summed E-state index contributed by atoms with van der Waals surface area (Å²) in [5.74, 6) is 2.50. The Hall–Kier alpha value is -2.36. The summed E-state index contributed by atoms with van der Waals surface area (Å²) >= 11 is 11.9. The zero-order chi connectivity index (χ0) is 19.8. The number of nitrogens with zero attached hydrogens (tertiary/aromatic N) is 1. The van der Waals surface area contributed by atoms with Crippen molar-refractivity contribution in [3.05, 3.63) is 51.5 Å². The van der Waals surface area contributed by atoms with E-state index in [0.717, 1.165) is 17.7 Å². The highest BCUT2D eigenvalue weighted by Crippen LogP contribution is 2.42. The second-order valence-electron chi connectivity index (χ2n) is 5.84. The van der Waals surface area contributed by atoms with Crippen molar-refractivity contribution in [3.63, 3.8) is 0 Å². The van der Waals surface area contributed by atoms with E-state index in [-0.39, 0.29) is 34.0 Å². The summed E-state index contributed by atoms with van der Waals surface area (Å²) in [5.41, 5.74) is 0.545. The summed E-state index contributed by atoms with van der Waals surface area (Å²) in [6.45, 7) is 0.108. The molecule has 140 valence electrons. The van der Waals surface area contributed by atoms with Gasteiger partial charge in [0.25, 0.3) is 0 Å². The zero-order valence-corrected chi connectivity index (χ0v) is 15.3. The van der Waals surface area contributed by atoms with Gasteiger partial charge in [0.1, 0.15) is 5.75 Å². The van der Waals surface area contributed by atoms with Crippen LogP contribution in [0, 0.1) is 12.3 Å². The summed E-state index contributed by atoms with van der Waals surface area (Å²) in [6.07, 6.45) is 1.67. The van der Waals surface area contributed by atoms with Gasteiger partial charge in [-0.1, -0.05) is 35.2 Å². The summed E-state index contributed by atoms with van der Waals surface area (Å²) in [4.78, 5) is 13.6. The molecule has 1 aliphatic rings. The third-order valence-corrected chi connectivity index (χ3v) is 4.61. The van der Waals surface area contributed by atoms with Crippen molar-refractivity contribution in [1.29, 1.82) is 0 Å². The first kappa shape index (κ1) is 19.4. The van der Waals surface area contributed by atoms with E-state index in [1.54, 1.807) is 18.2 Å². The van der Waals surface area contributed by atoms with Crippen LogP contribution in [0.1, 0.15) is 17.5 Å². The van der Waals surface area contributed by atoms with E-state index in [0.29, 0.717) is 18.5 Å². The Morgan fingerprint density at radius 1 is 1.15 bits per heavy atom. The predicted octanol–water partition coefficient (Wildman–Crippen LogP) is 5.72. The van der Waals surface area contributed by atoms with E-state index in [1.807, 2.05) is 0 Å². The largest absolute Gasteiger partial charge is 0.454 e. The fourth-order valence-corrected chi connectivity index (χ4v) is 3.35. The van der Waals surface area contributed by atoms with Gasteiger partial charge in [0.2, 0.25) is 5.91 Å². The summed E-state index contributed by atoms with van der Waals surface area (Å²) in [7, 11) is 0. The fourth-order valence-electron chi connectivity index (χ4n) is 2.78. The molecule has 2 aromatic carbocycles. The molecular formula is C19H12Cl2F3NO2. The van der Waals surface area contributed by atoms with E-state index in [9.17, 15) is 18.0 Å². The summed E-state index contributed by atoms with van der Waals surface area (Å²) in [6, 6.07) is 6.48. The minimum Gasteiger partial charge on any atom is -0.454 e. The Labute approximate surface area is 163 Å². The molecule has 27 heavy (non-hydrogen) atoms. The highest BCUT2D eigenvalue weighted by atomic mass is 35.5. The Morgan fingerprint density at radius 2 is 1.81 bits per heavy atom. The van der Waals surface area contributed by atoms with Crippen molar-refractivity contribution in [2.45, 2.75) is 19.0 Å². The minimum absolute atomic E-state index is 0.100. The Kier molecular flexibility index (Phi) is 5.27. The van der Waals surface area contributed by atoms with Gasteiger partial charge in [0, 0.05) is 12.5 Å². The molecule has 1 aliphatic heterocycles. The number of fused-ring (bicyclic) bond motifs is 1. The maximum Gasteiger partial charge on any atom is 0.416 e. The number of halogens is 5. The van der Waals surface area contributed by atoms with Gasteiger partial charge in [0.15, 0.2) is 5.75 Å². The number of anilines is 1. The highest BCUT2D eigenvalue weighted by molar-refractivity contribution is 6.37. The topological polar surface area (TPSA) is 29.5 Å². The molecule has 0 radical (unpaired) electrons. The van der Waals surface area contributed by atoms with Gasteiger partial charge in [-0.15, -0.1) is 6.42 Å². The van der Waals surface area contributed by atoms with Gasteiger partial charge in [-0.25, -0.2) is 0 Å². The summed E-state index contributed by atoms with van der Waals surface area (Å²) < 4.78 is 44.1. The number of alkyl halides is 3. The molecule has 0 fully saturated rings. The molecule has 0 saturated heterocycles. The van der Waals surface area contributed by atoms with Crippen LogP contribution < -0.4 is 9.64 Å². The van der Waals surface area contributed by atoms with Crippen LogP contribution in [-0.2, 0) is 17.4 Å². The molecule has 0 spiro atoms. The zero-order valence-electron chi connectivity index (χ0n) is 13.7. The van der Waals surface area contributed by atoms with Crippen LogP contribution in [0.5, 0.6) is 11.5 Å². The standard InChI is InChI=1S/C19H12Cl2F3NO2/c1-2-7-25-16-10-13(5-3-11(16)4-6-17(25)26)27-18-14(20)8-12(9-15(18)21)19(22,23)24/h1,3,5,8-10H,4,6-7H2. The first-order valence-corrected chi connectivity index (χ1v) is 8.57. The Bertz CT molecular complexity index is 928. The van der Waals surface area contributed by atoms with Crippen LogP contribution in [0.3, 0.4) is 0 Å². The van der Waals surface area contributed by atoms with Crippen molar-refractivity contribution in [1.82, 2.24) is 0 Å². The number of rotatable bonds is 3. The Balaban J connectivity index is 1.96. The molecule has 0 saturated carbocycles. The van der Waals surface area contributed by atoms with Crippen LogP contribution in [0.2, 0.25) is 10.0 Å². The lowest BCUT2D eigenvalue weighted by Gasteiger charge is -2.28. The van der Waals surface area contributed by atoms with E-state index in [2.05, 4.69) is 5.92 Å². The lowest BCUT2D eigenvalue weighted by Crippen LogP contribution is -2.35. The number of aryl methyl sites for hydroxylation is 1. The molecule has 1 amide bonds. The van der Waals surface area contributed by atoms with Crippen LogP contribution >= 0.6 is 23.2 Å². The quantitative estimate of drug-likeness (QED) is 0.602. The average Bonchev–Trinajstić information content (AvgIpc) is 2.59. The van der Waals surface area contributed by atoms with Crippen LogP contribution in [0.25, 0.3) is 0 Å². The molecule has 0 N–H and O–H groups in total. The number of carbonyl (C=O) groups is 1. The average molecular weight is 414 g/mol. The third kappa shape index (κ3) is 4.00. The molecule has 3 nitrogen and oxygen atoms in total. The van der Waals surface area contributed by atoms with Gasteiger partial charge in [-0.2, -0.15) is 13.2 Å². The third-order valence-electron chi connectivity index (χ3n) is 4.05. The maximum atomic E-state index is 12.8. The molecule has 2 aromatic rings. The number of hydrogen-bond donors (Lipinski definition) is 0. The van der Waals surface area contributed by atoms with Crippen LogP contribution in [0.4, 0.5) is 18.9 Å². The van der Waals surface area contributed by atoms with Crippen LogP contribution in [-0.4, -0.2) is 12.5 Å². The minimum atomic E-state index is -4.58. The molecule has 0 aromatic heterocycles. The molecule has 8 heteroatoms. The SMILES string of the molecule is C#CCN1C(=O)CCc2ccc(Oc3c(Cl)cc(C(F)(F)F)cc3Cl)cc21. The number of amides is 1. The fraction of sp³-hybridized carbons (Fsp3) is 0.211. The van der Waals surface area contributed by atoms with Gasteiger partial charge < -0.3 is 9.64 Å². The lowest BCUT2D eigenvalue weighted by atomic mass is 10.0. The predicted molar refractivity (Wildman–Crippen MR) is 97.5 cm³/mol. The van der Waals surface area contributed by atoms with Gasteiger partial charge >= 0.3 is 6.18 Å². The summed E-state index contributed by atoms with van der Waals surface area (Å²) in [5, 5.41) is -0.548. The maximum absolute atomic E-state index is 12.8. The normalized spacial score (nSPS) is 13.9. The first-order valence-electron chi connectivity index (χ1n) is 7.81. The van der Waals surface area contributed by atoms with Gasteiger partial charge in [-0.3, -0.25) is 4.79 Å². The monoisotopic (exact) mass is 413 g/mol. The van der Waals surface area contributed by atoms with E-state index in [1.165, 1.54) is 4.90 Å². The number of carbonyl (C=O) groups excluding carboxylic acids is 1. The van der Waals surface area contributed by atoms with Crippen molar-refractivity contribution in [3.8, 4) is 23.8 Å². The second-order valence-corrected chi connectivity index (χ2v) is 6.66. The Morgan fingerprint density at radius 3 is 2.41 bits per heavy atom. The highest BCUT2D eigenvalue weighted by Gasteiger charge is 2.32. The van der Waals surface area contributed by atoms with Gasteiger partial charge in [0.05, 0.1) is 27.8 Å². The second kappa shape index (κ2) is 7.34. The molecular weight excluding hydrogens is 402 g/mol. The molecule has 0 unspecified atom stereocenters. The molecule has 0 aliphatic carbocycles. The number of hydrogen-bond acceptors (Lipinski definition) is 2. The first-order chi connectivity index (χ1) is 12.7. The molecule has 0 atom stereocenters.